The Hall–Kier alpha value is -3.03. The van der Waals surface area contributed by atoms with Crippen molar-refractivity contribution in [3.05, 3.63) is 59.4 Å². The Balaban J connectivity index is 1.99. The lowest BCUT2D eigenvalue weighted by molar-refractivity contribution is 0.431. The molecular weight excluding hydrogens is 307 g/mol. The topological polar surface area (TPSA) is 68.2 Å². The number of hydrogen-bond acceptors (Lipinski definition) is 4. The van der Waals surface area contributed by atoms with Crippen LogP contribution in [-0.4, -0.2) is 15.5 Å². The van der Waals surface area contributed by atoms with E-state index in [1.54, 1.807) is 28.8 Å². The van der Waals surface area contributed by atoms with E-state index in [1.807, 2.05) is 0 Å². The maximum atomic E-state index is 14.2. The highest BCUT2D eigenvalue weighted by Crippen LogP contribution is 2.34. The quantitative estimate of drug-likeness (QED) is 0.678. The molecule has 5 nitrogen and oxygen atoms in total. The molecule has 23 heavy (non-hydrogen) atoms. The van der Waals surface area contributed by atoms with Gasteiger partial charge in [-0.25, -0.2) is 23.1 Å². The van der Waals surface area contributed by atoms with Crippen molar-refractivity contribution < 1.29 is 13.2 Å². The van der Waals surface area contributed by atoms with E-state index < -0.39 is 23.6 Å². The Morgan fingerprint density at radius 3 is 2.65 bits per heavy atom. The highest BCUT2D eigenvalue weighted by molar-refractivity contribution is 5.94. The highest BCUT2D eigenvalue weighted by Gasteiger charge is 2.28. The molecule has 2 heterocycles. The second-order valence-electron chi connectivity index (χ2n) is 5.07. The molecule has 0 saturated heterocycles. The zero-order chi connectivity index (χ0) is 16.1. The van der Waals surface area contributed by atoms with Gasteiger partial charge in [0.05, 0.1) is 11.0 Å². The molecule has 1 aliphatic heterocycles. The van der Waals surface area contributed by atoms with Crippen LogP contribution in [0.1, 0.15) is 11.7 Å². The Morgan fingerprint density at radius 2 is 1.83 bits per heavy atom. The maximum absolute atomic E-state index is 14.2. The molecular formula is C15H10F3N5. The fourth-order valence-electron chi connectivity index (χ4n) is 2.67. The molecule has 4 rings (SSSR count). The van der Waals surface area contributed by atoms with Crippen molar-refractivity contribution in [1.29, 1.82) is 0 Å². The summed E-state index contributed by atoms with van der Waals surface area (Å²) in [5.41, 5.74) is 6.90. The first-order valence-corrected chi connectivity index (χ1v) is 6.77. The number of hydrogen-bond donors (Lipinski definition) is 2. The van der Waals surface area contributed by atoms with E-state index in [-0.39, 0.29) is 11.5 Å². The number of rotatable bonds is 1. The second kappa shape index (κ2) is 4.73. The standard InChI is InChI=1S/C15H10F3N5/c16-8-6-5-7(11(17)12(8)18)13-21-14(19)22-15-20-9-3-1-2-4-10(9)23(13)15/h1-6,13H,(H3,19,20,21,22). The minimum atomic E-state index is -1.54. The molecule has 0 amide bonds. The number of imidazole rings is 1. The fraction of sp³-hybridized carbons (Fsp3) is 0.0667. The molecule has 0 bridgehead atoms. The number of para-hydroxylation sites is 2. The number of anilines is 1. The molecule has 116 valence electrons. The van der Waals surface area contributed by atoms with Crippen LogP contribution in [-0.2, 0) is 0 Å². The summed E-state index contributed by atoms with van der Waals surface area (Å²) in [7, 11) is 0. The van der Waals surface area contributed by atoms with Crippen LogP contribution in [0.2, 0.25) is 0 Å². The van der Waals surface area contributed by atoms with Crippen LogP contribution in [0, 0.1) is 17.5 Å². The van der Waals surface area contributed by atoms with Crippen LogP contribution in [0.25, 0.3) is 11.0 Å². The van der Waals surface area contributed by atoms with Gasteiger partial charge in [-0.05, 0) is 24.3 Å². The number of aromatic nitrogens is 2. The Morgan fingerprint density at radius 1 is 1.04 bits per heavy atom. The fourth-order valence-corrected chi connectivity index (χ4v) is 2.67. The summed E-state index contributed by atoms with van der Waals surface area (Å²) in [6, 6.07) is 9.15. The van der Waals surface area contributed by atoms with Gasteiger partial charge in [0.1, 0.15) is 0 Å². The predicted molar refractivity (Wildman–Crippen MR) is 79.4 cm³/mol. The van der Waals surface area contributed by atoms with Crippen LogP contribution in [0.5, 0.6) is 0 Å². The van der Waals surface area contributed by atoms with Gasteiger partial charge in [-0.1, -0.05) is 12.1 Å². The third-order valence-electron chi connectivity index (χ3n) is 3.68. The van der Waals surface area contributed by atoms with Gasteiger partial charge in [0.15, 0.2) is 29.6 Å². The van der Waals surface area contributed by atoms with Crippen molar-refractivity contribution >= 4 is 22.9 Å². The number of halogens is 3. The average molecular weight is 317 g/mol. The first-order chi connectivity index (χ1) is 11.1. The minimum Gasteiger partial charge on any atom is -0.370 e. The van der Waals surface area contributed by atoms with Crippen LogP contribution < -0.4 is 11.1 Å². The van der Waals surface area contributed by atoms with Gasteiger partial charge in [0.25, 0.3) is 0 Å². The van der Waals surface area contributed by atoms with Gasteiger partial charge in [-0.3, -0.25) is 9.88 Å². The Kier molecular flexibility index (Phi) is 2.80. The highest BCUT2D eigenvalue weighted by atomic mass is 19.2. The number of nitrogens with one attached hydrogen (secondary N) is 1. The van der Waals surface area contributed by atoms with Crippen molar-refractivity contribution in [2.75, 3.05) is 5.32 Å². The molecule has 0 fully saturated rings. The van der Waals surface area contributed by atoms with Gasteiger partial charge < -0.3 is 5.73 Å². The van der Waals surface area contributed by atoms with Crippen molar-refractivity contribution in [2.24, 2.45) is 10.7 Å². The zero-order valence-electron chi connectivity index (χ0n) is 11.6. The summed E-state index contributed by atoms with van der Waals surface area (Å²) in [5.74, 6) is -3.72. The van der Waals surface area contributed by atoms with E-state index in [0.29, 0.717) is 17.0 Å². The van der Waals surface area contributed by atoms with Crippen LogP contribution in [0.15, 0.2) is 41.4 Å². The molecule has 8 heteroatoms. The molecule has 1 aliphatic rings. The Labute approximate surface area is 128 Å². The normalized spacial score (nSPS) is 16.8. The summed E-state index contributed by atoms with van der Waals surface area (Å²) >= 11 is 0. The number of benzene rings is 2. The van der Waals surface area contributed by atoms with Crippen LogP contribution >= 0.6 is 0 Å². The summed E-state index contributed by atoms with van der Waals surface area (Å²) in [4.78, 5) is 8.47. The molecule has 2 aromatic carbocycles. The molecule has 1 aromatic heterocycles. The van der Waals surface area contributed by atoms with E-state index in [9.17, 15) is 13.2 Å². The van der Waals surface area contributed by atoms with Gasteiger partial charge >= 0.3 is 0 Å². The number of fused-ring (bicyclic) bond motifs is 3. The lowest BCUT2D eigenvalue weighted by Crippen LogP contribution is -2.32. The molecule has 0 aliphatic carbocycles. The molecule has 1 atom stereocenters. The van der Waals surface area contributed by atoms with E-state index >= 15 is 0 Å². The van der Waals surface area contributed by atoms with E-state index in [0.717, 1.165) is 12.1 Å². The van der Waals surface area contributed by atoms with E-state index in [4.69, 9.17) is 5.73 Å². The van der Waals surface area contributed by atoms with Crippen molar-refractivity contribution in [3.8, 4) is 0 Å². The molecule has 3 N–H and O–H groups in total. The van der Waals surface area contributed by atoms with Crippen molar-refractivity contribution in [3.63, 3.8) is 0 Å². The van der Waals surface area contributed by atoms with Gasteiger partial charge in [-0.2, -0.15) is 0 Å². The lowest BCUT2D eigenvalue weighted by Gasteiger charge is -2.24. The summed E-state index contributed by atoms with van der Waals surface area (Å²) < 4.78 is 42.6. The third kappa shape index (κ3) is 1.95. The van der Waals surface area contributed by atoms with E-state index in [2.05, 4.69) is 15.3 Å². The monoisotopic (exact) mass is 317 g/mol. The second-order valence-corrected chi connectivity index (χ2v) is 5.07. The van der Waals surface area contributed by atoms with Gasteiger partial charge in [0, 0.05) is 5.56 Å². The largest absolute Gasteiger partial charge is 0.370 e. The van der Waals surface area contributed by atoms with Gasteiger partial charge in [0.2, 0.25) is 5.95 Å². The maximum Gasteiger partial charge on any atom is 0.212 e. The summed E-state index contributed by atoms with van der Waals surface area (Å²) in [6.45, 7) is 0. The molecule has 0 spiro atoms. The number of nitrogens with two attached hydrogens (primary N) is 1. The SMILES string of the molecule is NC1=NC(c2ccc(F)c(F)c2F)n2c(nc3ccccc32)N1. The number of guanidine groups is 1. The zero-order valence-corrected chi connectivity index (χ0v) is 11.6. The predicted octanol–water partition coefficient (Wildman–Crippen LogP) is 2.74. The number of nitrogens with zero attached hydrogens (tertiary/aromatic N) is 3. The Bertz CT molecular complexity index is 963. The van der Waals surface area contributed by atoms with Crippen LogP contribution in [0.4, 0.5) is 19.1 Å². The number of aliphatic imine (C=N–C) groups is 1. The summed E-state index contributed by atoms with van der Waals surface area (Å²) in [6.07, 6.45) is -0.978. The first kappa shape index (κ1) is 13.6. The van der Waals surface area contributed by atoms with E-state index in [1.165, 1.54) is 0 Å². The molecule has 0 saturated carbocycles. The lowest BCUT2D eigenvalue weighted by atomic mass is 10.1. The smallest absolute Gasteiger partial charge is 0.212 e. The minimum absolute atomic E-state index is 0.0157. The third-order valence-corrected chi connectivity index (χ3v) is 3.68. The summed E-state index contributed by atoms with van der Waals surface area (Å²) in [5, 5.41) is 2.78. The van der Waals surface area contributed by atoms with Gasteiger partial charge in [-0.15, -0.1) is 0 Å². The molecule has 3 aromatic rings. The van der Waals surface area contributed by atoms with Crippen molar-refractivity contribution in [1.82, 2.24) is 9.55 Å². The molecule has 0 radical (unpaired) electrons. The first-order valence-electron chi connectivity index (χ1n) is 6.77. The molecule has 1 unspecified atom stereocenters. The average Bonchev–Trinajstić information content (AvgIpc) is 2.90. The van der Waals surface area contributed by atoms with Crippen molar-refractivity contribution in [2.45, 2.75) is 6.17 Å². The van der Waals surface area contributed by atoms with Crippen LogP contribution in [0.3, 0.4) is 0 Å².